The number of nitrogens with two attached hydrogens (primary N) is 1. The summed E-state index contributed by atoms with van der Waals surface area (Å²) in [5, 5.41) is 8.81. The monoisotopic (exact) mass is 143 g/mol. The highest BCUT2D eigenvalue weighted by atomic mass is 16.3. The molecule has 0 unspecified atom stereocenters. The number of likely N-dealkylation sites (tertiary alicyclic amines) is 1. The number of hydrogen-bond donors (Lipinski definition) is 2. The Morgan fingerprint density at radius 3 is 2.80 bits per heavy atom. The van der Waals surface area contributed by atoms with E-state index in [1.165, 1.54) is 6.42 Å². The molecule has 4 nitrogen and oxygen atoms in total. The van der Waals surface area contributed by atoms with Crippen molar-refractivity contribution in [1.82, 2.24) is 4.90 Å². The number of rotatable bonds is 3. The Labute approximate surface area is 59.6 Å². The number of hydrogen-bond acceptors (Lipinski definition) is 3. The molecular formula is C6H11N2O2. The van der Waals surface area contributed by atoms with E-state index in [0.29, 0.717) is 19.6 Å². The molecule has 1 rings (SSSR count). The number of amides is 1. The van der Waals surface area contributed by atoms with Gasteiger partial charge in [-0.2, -0.15) is 0 Å². The maximum atomic E-state index is 10.2. The van der Waals surface area contributed by atoms with Gasteiger partial charge in [0.25, 0.3) is 0 Å². The molecule has 1 aliphatic heterocycles. The molecule has 0 aromatic heterocycles. The van der Waals surface area contributed by atoms with Crippen LogP contribution in [0.5, 0.6) is 0 Å². The van der Waals surface area contributed by atoms with Gasteiger partial charge >= 0.3 is 0 Å². The van der Waals surface area contributed by atoms with Crippen molar-refractivity contribution in [2.24, 2.45) is 5.73 Å². The normalized spacial score (nSPS) is 20.5. The SMILES string of the molecule is NC(=O)[CH]CN1CC(O)C1. The quantitative estimate of drug-likeness (QED) is 0.497. The van der Waals surface area contributed by atoms with Gasteiger partial charge in [-0.3, -0.25) is 9.69 Å². The Balaban J connectivity index is 2.00. The molecule has 0 atom stereocenters. The Hall–Kier alpha value is -0.610. The van der Waals surface area contributed by atoms with Crippen molar-refractivity contribution in [1.29, 1.82) is 0 Å². The van der Waals surface area contributed by atoms with Crippen molar-refractivity contribution in [3.05, 3.63) is 6.42 Å². The molecule has 1 heterocycles. The van der Waals surface area contributed by atoms with Crippen LogP contribution in [0.4, 0.5) is 0 Å². The summed E-state index contributed by atoms with van der Waals surface area (Å²) in [6, 6.07) is 0. The fourth-order valence-electron chi connectivity index (χ4n) is 0.911. The molecule has 0 aromatic rings. The molecule has 0 bridgehead atoms. The smallest absolute Gasteiger partial charge is 0.222 e. The van der Waals surface area contributed by atoms with Crippen molar-refractivity contribution >= 4 is 5.91 Å². The highest BCUT2D eigenvalue weighted by Crippen LogP contribution is 2.06. The van der Waals surface area contributed by atoms with Crippen LogP contribution in [0.3, 0.4) is 0 Å². The number of aliphatic hydroxyl groups is 1. The lowest BCUT2D eigenvalue weighted by atomic mass is 10.1. The van der Waals surface area contributed by atoms with Crippen LogP contribution in [0.2, 0.25) is 0 Å². The first-order chi connectivity index (χ1) is 4.68. The van der Waals surface area contributed by atoms with Gasteiger partial charge in [-0.05, 0) is 0 Å². The van der Waals surface area contributed by atoms with E-state index < -0.39 is 5.91 Å². The summed E-state index contributed by atoms with van der Waals surface area (Å²) in [7, 11) is 0. The number of aliphatic hydroxyl groups excluding tert-OH is 1. The maximum Gasteiger partial charge on any atom is 0.222 e. The van der Waals surface area contributed by atoms with Crippen LogP contribution >= 0.6 is 0 Å². The van der Waals surface area contributed by atoms with Crippen LogP contribution in [0.1, 0.15) is 0 Å². The third kappa shape index (κ3) is 1.97. The standard InChI is InChI=1S/C6H11N2O2/c7-6(10)1-2-8-3-5(9)4-8/h1,5,9H,2-4H2,(H2,7,10). The topological polar surface area (TPSA) is 66.6 Å². The van der Waals surface area contributed by atoms with E-state index in [9.17, 15) is 4.79 Å². The zero-order valence-electron chi connectivity index (χ0n) is 5.66. The molecule has 1 radical (unpaired) electrons. The number of carbonyl (C=O) groups is 1. The lowest BCUT2D eigenvalue weighted by Gasteiger charge is -2.35. The summed E-state index contributed by atoms with van der Waals surface area (Å²) < 4.78 is 0. The number of β-amino-alcohol motifs (C(OH)–C–C–N with tert-alkyl or cyclic N) is 1. The fourth-order valence-corrected chi connectivity index (χ4v) is 0.911. The average Bonchev–Trinajstić information content (AvgIpc) is 1.77. The predicted molar refractivity (Wildman–Crippen MR) is 35.9 cm³/mol. The van der Waals surface area contributed by atoms with Gasteiger partial charge in [-0.1, -0.05) is 0 Å². The van der Waals surface area contributed by atoms with Crippen molar-refractivity contribution in [3.8, 4) is 0 Å². The van der Waals surface area contributed by atoms with Gasteiger partial charge < -0.3 is 10.8 Å². The first kappa shape index (κ1) is 7.50. The van der Waals surface area contributed by atoms with E-state index in [1.807, 2.05) is 4.90 Å². The minimum atomic E-state index is -0.401. The molecule has 4 heteroatoms. The summed E-state index contributed by atoms with van der Waals surface area (Å²) in [4.78, 5) is 12.1. The van der Waals surface area contributed by atoms with Gasteiger partial charge in [0.2, 0.25) is 5.91 Å². The first-order valence-corrected chi connectivity index (χ1v) is 3.21. The van der Waals surface area contributed by atoms with Crippen LogP contribution < -0.4 is 5.73 Å². The molecule has 0 saturated carbocycles. The molecule has 0 aliphatic carbocycles. The Kier molecular flexibility index (Phi) is 2.24. The number of nitrogens with zero attached hydrogens (tertiary/aromatic N) is 1. The average molecular weight is 143 g/mol. The van der Waals surface area contributed by atoms with Crippen molar-refractivity contribution < 1.29 is 9.90 Å². The second-order valence-electron chi connectivity index (χ2n) is 2.48. The van der Waals surface area contributed by atoms with Crippen LogP contribution in [-0.4, -0.2) is 41.7 Å². The minimum absolute atomic E-state index is 0.207. The third-order valence-corrected chi connectivity index (χ3v) is 1.49. The van der Waals surface area contributed by atoms with Gasteiger partial charge in [0, 0.05) is 19.6 Å². The summed E-state index contributed by atoms with van der Waals surface area (Å²) >= 11 is 0. The zero-order chi connectivity index (χ0) is 7.56. The largest absolute Gasteiger partial charge is 0.390 e. The Morgan fingerprint density at radius 1 is 1.80 bits per heavy atom. The minimum Gasteiger partial charge on any atom is -0.390 e. The van der Waals surface area contributed by atoms with E-state index in [-0.39, 0.29) is 6.10 Å². The van der Waals surface area contributed by atoms with Gasteiger partial charge in [0.05, 0.1) is 12.5 Å². The number of carbonyl (C=O) groups excluding carboxylic acids is 1. The third-order valence-electron chi connectivity index (χ3n) is 1.49. The molecule has 1 amide bonds. The van der Waals surface area contributed by atoms with Crippen molar-refractivity contribution in [2.45, 2.75) is 6.10 Å². The molecule has 10 heavy (non-hydrogen) atoms. The molecule has 0 aromatic carbocycles. The van der Waals surface area contributed by atoms with Crippen molar-refractivity contribution in [3.63, 3.8) is 0 Å². The lowest BCUT2D eigenvalue weighted by molar-refractivity contribution is -0.115. The van der Waals surface area contributed by atoms with E-state index in [0.717, 1.165) is 0 Å². The summed E-state index contributed by atoms with van der Waals surface area (Å²) in [5.41, 5.74) is 4.87. The highest BCUT2D eigenvalue weighted by Gasteiger charge is 2.23. The van der Waals surface area contributed by atoms with Crippen LogP contribution in [-0.2, 0) is 4.79 Å². The van der Waals surface area contributed by atoms with Gasteiger partial charge in [-0.25, -0.2) is 0 Å². The maximum absolute atomic E-state index is 10.2. The van der Waals surface area contributed by atoms with Gasteiger partial charge in [0.15, 0.2) is 0 Å². The summed E-state index contributed by atoms with van der Waals surface area (Å²) in [6.07, 6.45) is 1.20. The summed E-state index contributed by atoms with van der Waals surface area (Å²) in [5.74, 6) is -0.401. The lowest BCUT2D eigenvalue weighted by Crippen LogP contribution is -2.51. The summed E-state index contributed by atoms with van der Waals surface area (Å²) in [6.45, 7) is 1.87. The highest BCUT2D eigenvalue weighted by molar-refractivity contribution is 5.83. The molecule has 3 N–H and O–H groups in total. The van der Waals surface area contributed by atoms with Gasteiger partial charge in [-0.15, -0.1) is 0 Å². The van der Waals surface area contributed by atoms with Crippen LogP contribution in [0, 0.1) is 6.42 Å². The van der Waals surface area contributed by atoms with E-state index in [1.54, 1.807) is 0 Å². The second-order valence-corrected chi connectivity index (χ2v) is 2.48. The van der Waals surface area contributed by atoms with Gasteiger partial charge in [0.1, 0.15) is 0 Å². The molecule has 1 aliphatic rings. The Morgan fingerprint density at radius 2 is 2.40 bits per heavy atom. The second kappa shape index (κ2) is 2.98. The van der Waals surface area contributed by atoms with E-state index >= 15 is 0 Å². The van der Waals surface area contributed by atoms with Crippen LogP contribution in [0.25, 0.3) is 0 Å². The zero-order valence-corrected chi connectivity index (χ0v) is 5.66. The predicted octanol–water partition coefficient (Wildman–Crippen LogP) is -1.65. The Bertz CT molecular complexity index is 132. The molecule has 57 valence electrons. The molecule has 1 fully saturated rings. The molecular weight excluding hydrogens is 132 g/mol. The molecule has 0 spiro atoms. The van der Waals surface area contributed by atoms with E-state index in [4.69, 9.17) is 10.8 Å². The molecule has 1 saturated heterocycles. The van der Waals surface area contributed by atoms with E-state index in [2.05, 4.69) is 0 Å². The van der Waals surface area contributed by atoms with Crippen molar-refractivity contribution in [2.75, 3.05) is 19.6 Å². The first-order valence-electron chi connectivity index (χ1n) is 3.21. The van der Waals surface area contributed by atoms with Crippen LogP contribution in [0.15, 0.2) is 0 Å². The fraction of sp³-hybridized carbons (Fsp3) is 0.667. The number of primary amides is 1.